The van der Waals surface area contributed by atoms with Crippen LogP contribution in [0, 0.1) is 0 Å². The number of hydrogen-bond acceptors (Lipinski definition) is 2. The van der Waals surface area contributed by atoms with Gasteiger partial charge < -0.3 is 4.74 Å². The van der Waals surface area contributed by atoms with E-state index >= 15 is 0 Å². The molecule has 0 radical (unpaired) electrons. The molecule has 0 aromatic heterocycles. The van der Waals surface area contributed by atoms with E-state index in [1.165, 1.54) is 14.8 Å². The van der Waals surface area contributed by atoms with Gasteiger partial charge in [-0.3, -0.25) is 0 Å². The van der Waals surface area contributed by atoms with Gasteiger partial charge in [0.05, 0.1) is 0 Å². The smallest absolute Gasteiger partial charge is 0.292 e. The van der Waals surface area contributed by atoms with Crippen LogP contribution in [0.3, 0.4) is 0 Å². The summed E-state index contributed by atoms with van der Waals surface area (Å²) in [6.07, 6.45) is 8.72. The molecule has 1 rings (SSSR count). The van der Waals surface area contributed by atoms with Crippen molar-refractivity contribution in [2.45, 2.75) is 31.8 Å². The second kappa shape index (κ2) is 6.79. The molecule has 0 aromatic rings. The number of hydrogen-bond donors (Lipinski definition) is 0. The van der Waals surface area contributed by atoms with Crippen molar-refractivity contribution in [2.75, 3.05) is 6.61 Å². The van der Waals surface area contributed by atoms with Crippen LogP contribution in [0.15, 0.2) is 40.2 Å². The van der Waals surface area contributed by atoms with Crippen molar-refractivity contribution in [3.63, 3.8) is 0 Å². The first kappa shape index (κ1) is 15.0. The second-order valence-electron chi connectivity index (χ2n) is 4.11. The minimum Gasteiger partial charge on any atom is -0.471 e. The second-order valence-corrected chi connectivity index (χ2v) is 4.96. The molecule has 2 nitrogen and oxygen atoms in total. The van der Waals surface area contributed by atoms with Gasteiger partial charge in [0, 0.05) is 6.08 Å². The van der Waals surface area contributed by atoms with Crippen LogP contribution in [0.4, 0.5) is 8.78 Å². The number of alkyl halides is 2. The molecular weight excluding hydrogens is 255 g/mol. The van der Waals surface area contributed by atoms with Crippen molar-refractivity contribution in [1.29, 1.82) is 0 Å². The van der Waals surface area contributed by atoms with E-state index in [9.17, 15) is 8.78 Å². The molecule has 0 aliphatic heterocycles. The molecule has 1 unspecified atom stereocenters. The fourth-order valence-corrected chi connectivity index (χ4v) is 1.33. The van der Waals surface area contributed by atoms with E-state index in [4.69, 9.17) is 4.74 Å². The summed E-state index contributed by atoms with van der Waals surface area (Å²) in [5.74, 6) is 0.109. The van der Waals surface area contributed by atoms with Crippen molar-refractivity contribution in [3.8, 4) is 0 Å². The molecule has 1 aliphatic rings. The number of allylic oxidation sites excluding steroid dienone is 5. The SMILES string of the molecule is C=N/C(=C\C=C(\C=C1CC1)CC)OCC(F)(F)P. The Bertz CT molecular complexity index is 388. The molecular formula is C13H18F2NOP. The lowest BCUT2D eigenvalue weighted by Gasteiger charge is -2.11. The van der Waals surface area contributed by atoms with Gasteiger partial charge in [-0.25, -0.2) is 4.99 Å². The predicted molar refractivity (Wildman–Crippen MR) is 73.9 cm³/mol. The Morgan fingerprint density at radius 1 is 1.50 bits per heavy atom. The Morgan fingerprint density at radius 3 is 2.61 bits per heavy atom. The quantitative estimate of drug-likeness (QED) is 0.296. The number of aliphatic imine (C=N–C) groups is 1. The van der Waals surface area contributed by atoms with Crippen LogP contribution in [-0.4, -0.2) is 19.0 Å². The van der Waals surface area contributed by atoms with E-state index in [0.29, 0.717) is 0 Å². The molecule has 0 bridgehead atoms. The van der Waals surface area contributed by atoms with Crippen molar-refractivity contribution in [3.05, 3.63) is 35.3 Å². The third-order valence-electron chi connectivity index (χ3n) is 2.34. The molecule has 1 atom stereocenters. The van der Waals surface area contributed by atoms with Gasteiger partial charge in [0.15, 0.2) is 6.61 Å². The van der Waals surface area contributed by atoms with Gasteiger partial charge in [-0.15, -0.1) is 0 Å². The summed E-state index contributed by atoms with van der Waals surface area (Å²) in [5.41, 5.74) is -0.399. The van der Waals surface area contributed by atoms with Crippen LogP contribution < -0.4 is 0 Å². The normalized spacial score (nSPS) is 16.6. The van der Waals surface area contributed by atoms with Gasteiger partial charge in [0.1, 0.15) is 0 Å². The average molecular weight is 273 g/mol. The maximum Gasteiger partial charge on any atom is 0.292 e. The molecule has 100 valence electrons. The molecule has 18 heavy (non-hydrogen) atoms. The van der Waals surface area contributed by atoms with Crippen molar-refractivity contribution in [2.24, 2.45) is 4.99 Å². The Balaban J connectivity index is 2.62. The van der Waals surface area contributed by atoms with E-state index < -0.39 is 12.3 Å². The highest BCUT2D eigenvalue weighted by atomic mass is 31.0. The van der Waals surface area contributed by atoms with Gasteiger partial charge in [0.25, 0.3) is 5.66 Å². The van der Waals surface area contributed by atoms with Crippen LogP contribution in [0.5, 0.6) is 0 Å². The highest BCUT2D eigenvalue weighted by Gasteiger charge is 2.22. The van der Waals surface area contributed by atoms with Crippen molar-refractivity contribution >= 4 is 16.0 Å². The molecule has 0 N–H and O–H groups in total. The molecule has 1 saturated carbocycles. The van der Waals surface area contributed by atoms with E-state index in [0.717, 1.165) is 24.8 Å². The fraction of sp³-hybridized carbons (Fsp3) is 0.462. The van der Waals surface area contributed by atoms with Gasteiger partial charge in [-0.2, -0.15) is 8.78 Å². The molecule has 0 saturated heterocycles. The number of ether oxygens (including phenoxy) is 1. The average Bonchev–Trinajstić information content (AvgIpc) is 3.10. The zero-order chi connectivity index (χ0) is 13.6. The maximum atomic E-state index is 12.6. The Morgan fingerprint density at radius 2 is 2.17 bits per heavy atom. The first-order chi connectivity index (χ1) is 8.44. The summed E-state index contributed by atoms with van der Waals surface area (Å²) in [5, 5.41) is 0. The largest absolute Gasteiger partial charge is 0.471 e. The van der Waals surface area contributed by atoms with Gasteiger partial charge in [-0.05, 0) is 31.6 Å². The lowest BCUT2D eigenvalue weighted by Crippen LogP contribution is -2.14. The predicted octanol–water partition coefficient (Wildman–Crippen LogP) is 4.07. The first-order valence-corrected chi connectivity index (χ1v) is 6.39. The van der Waals surface area contributed by atoms with Crippen molar-refractivity contribution in [1.82, 2.24) is 0 Å². The zero-order valence-electron chi connectivity index (χ0n) is 10.5. The fourth-order valence-electron chi connectivity index (χ4n) is 1.24. The number of nitrogens with zero attached hydrogens (tertiary/aromatic N) is 1. The summed E-state index contributed by atoms with van der Waals surface area (Å²) in [6.45, 7) is 4.62. The zero-order valence-corrected chi connectivity index (χ0v) is 11.6. The van der Waals surface area contributed by atoms with E-state index in [1.54, 1.807) is 6.08 Å². The molecule has 1 aliphatic carbocycles. The molecule has 0 aromatic carbocycles. The third-order valence-corrected chi connectivity index (χ3v) is 2.51. The monoisotopic (exact) mass is 273 g/mol. The standard InChI is InChI=1S/C13H18F2NOP/c1-3-10(8-11-4-5-11)6-7-12(16-2)17-9-13(14,15)18/h6-8H,2-5,9,18H2,1H3/b10-6+,12-7+. The summed E-state index contributed by atoms with van der Waals surface area (Å²) >= 11 is 0. The summed E-state index contributed by atoms with van der Waals surface area (Å²) in [4.78, 5) is 3.57. The third kappa shape index (κ3) is 6.65. The minimum atomic E-state index is -2.95. The van der Waals surface area contributed by atoms with E-state index in [1.807, 2.05) is 13.0 Å². The summed E-state index contributed by atoms with van der Waals surface area (Å²) < 4.78 is 30.0. The van der Waals surface area contributed by atoms with Gasteiger partial charge in [-0.1, -0.05) is 33.9 Å². The summed E-state index contributed by atoms with van der Waals surface area (Å²) in [7, 11) is 1.42. The van der Waals surface area contributed by atoms with Crippen molar-refractivity contribution < 1.29 is 13.5 Å². The molecule has 0 spiro atoms. The Hall–Kier alpha value is -1.02. The lowest BCUT2D eigenvalue weighted by atomic mass is 10.1. The van der Waals surface area contributed by atoms with Crippen LogP contribution in [-0.2, 0) is 4.74 Å². The Kier molecular flexibility index (Phi) is 5.67. The van der Waals surface area contributed by atoms with E-state index in [2.05, 4.69) is 17.8 Å². The van der Waals surface area contributed by atoms with Crippen LogP contribution in [0.25, 0.3) is 0 Å². The topological polar surface area (TPSA) is 21.6 Å². The number of rotatable bonds is 7. The minimum absolute atomic E-state index is 0.109. The molecule has 0 amide bonds. The van der Waals surface area contributed by atoms with Gasteiger partial charge in [0.2, 0.25) is 5.88 Å². The highest BCUT2D eigenvalue weighted by Crippen LogP contribution is 2.29. The molecule has 0 heterocycles. The Labute approximate surface area is 109 Å². The van der Waals surface area contributed by atoms with E-state index in [-0.39, 0.29) is 5.88 Å². The van der Waals surface area contributed by atoms with Crippen LogP contribution >= 0.6 is 9.24 Å². The van der Waals surface area contributed by atoms with Crippen LogP contribution in [0.2, 0.25) is 0 Å². The highest BCUT2D eigenvalue weighted by molar-refractivity contribution is 7.18. The van der Waals surface area contributed by atoms with Crippen LogP contribution in [0.1, 0.15) is 26.2 Å². The first-order valence-electron chi connectivity index (χ1n) is 5.81. The van der Waals surface area contributed by atoms with Gasteiger partial charge >= 0.3 is 0 Å². The number of halogens is 2. The molecule has 1 fully saturated rings. The maximum absolute atomic E-state index is 12.6. The lowest BCUT2D eigenvalue weighted by molar-refractivity contribution is 0.0174. The molecule has 5 heteroatoms. The summed E-state index contributed by atoms with van der Waals surface area (Å²) in [6, 6.07) is 0.